The van der Waals surface area contributed by atoms with Crippen LogP contribution in [0.2, 0.25) is 19.6 Å². The largest absolute Gasteiger partial charge is 0.179 e. The quantitative estimate of drug-likeness (QED) is 0.241. The van der Waals surface area contributed by atoms with Crippen molar-refractivity contribution in [1.82, 2.24) is 0 Å². The first-order chi connectivity index (χ1) is 14.3. The molecule has 0 atom stereocenters. The summed E-state index contributed by atoms with van der Waals surface area (Å²) in [4.78, 5) is 0. The smallest absolute Gasteiger partial charge is 0.0253 e. The third kappa shape index (κ3) is 8.60. The summed E-state index contributed by atoms with van der Waals surface area (Å²) in [5, 5.41) is 1.57. The zero-order valence-electron chi connectivity index (χ0n) is 19.8. The van der Waals surface area contributed by atoms with Gasteiger partial charge in [-0.3, -0.25) is 0 Å². The van der Waals surface area contributed by atoms with Crippen LogP contribution in [0, 0.1) is 13.0 Å². The van der Waals surface area contributed by atoms with Gasteiger partial charge < -0.3 is 24.8 Å². The third-order valence-corrected chi connectivity index (χ3v) is 9.12. The van der Waals surface area contributed by atoms with Crippen molar-refractivity contribution >= 4 is 16.5 Å². The monoisotopic (exact) mass is 558 g/mol. The normalized spacial score (nSPS) is 13.8. The number of benzene rings is 2. The minimum atomic E-state index is -1.01. The Labute approximate surface area is 223 Å². The molecule has 0 heterocycles. The van der Waals surface area contributed by atoms with E-state index in [1.165, 1.54) is 59.9 Å². The molecule has 32 heavy (non-hydrogen) atoms. The van der Waals surface area contributed by atoms with Crippen molar-refractivity contribution in [1.29, 1.82) is 0 Å². The molecule has 0 N–H and O–H groups in total. The Balaban J connectivity index is 0.000000244. The maximum atomic E-state index is 3.30. The summed E-state index contributed by atoms with van der Waals surface area (Å²) in [7, 11) is -1.01. The van der Waals surface area contributed by atoms with Crippen LogP contribution in [0.15, 0.2) is 60.7 Å². The summed E-state index contributed by atoms with van der Waals surface area (Å²) in [6, 6.07) is 24.9. The van der Waals surface area contributed by atoms with Crippen molar-refractivity contribution in [3.05, 3.63) is 83.4 Å². The van der Waals surface area contributed by atoms with Crippen molar-refractivity contribution in [3.63, 3.8) is 0 Å². The molecule has 3 aromatic carbocycles. The Morgan fingerprint density at radius 2 is 1.56 bits per heavy atom. The van der Waals surface area contributed by atoms with Gasteiger partial charge in [0.15, 0.2) is 0 Å². The van der Waals surface area contributed by atoms with Gasteiger partial charge in [-0.2, -0.15) is 47.5 Å². The van der Waals surface area contributed by atoms with Gasteiger partial charge in [0, 0.05) is 8.07 Å². The van der Waals surface area contributed by atoms with E-state index in [-0.39, 0.29) is 24.8 Å². The van der Waals surface area contributed by atoms with Crippen LogP contribution in [-0.2, 0) is 30.7 Å². The fraction of sp³-hybridized carbons (Fsp3) is 0.357. The van der Waals surface area contributed by atoms with Gasteiger partial charge in [0.2, 0.25) is 0 Å². The Morgan fingerprint density at radius 3 is 2.09 bits per heavy atom. The molecular formula is C28H34Cl2SiZr-2. The summed E-state index contributed by atoms with van der Waals surface area (Å²) in [6.45, 7) is 9.29. The van der Waals surface area contributed by atoms with Gasteiger partial charge in [0.05, 0.1) is 0 Å². The molecule has 0 nitrogen and oxygen atoms in total. The molecule has 0 saturated heterocycles. The average Bonchev–Trinajstić information content (AvgIpc) is 3.33. The standard InChI is InChI=1S/C13H9.C9H15Si.C6H10.2ClH.Zr/c1-3-7-12-10(5-1)9-11-6-2-4-8-13(11)12;1-8-5-6-9(7-8)10(2,3)4;1-2-4-6-5-3-1;;;/h1-5,7-8H,9H2;5-7H,1-4H3;1-5H2;2*1H;/q2*-1;;;;+2/p-2. The van der Waals surface area contributed by atoms with Gasteiger partial charge in [0.1, 0.15) is 0 Å². The summed E-state index contributed by atoms with van der Waals surface area (Å²) in [5.74, 6) is 0. The minimum absolute atomic E-state index is 0. The molecule has 170 valence electrons. The molecule has 1 fully saturated rings. The van der Waals surface area contributed by atoms with E-state index in [0.29, 0.717) is 0 Å². The van der Waals surface area contributed by atoms with Crippen molar-refractivity contribution < 1.29 is 49.0 Å². The Morgan fingerprint density at radius 1 is 0.906 bits per heavy atom. The maximum absolute atomic E-state index is 3.30. The zero-order valence-corrected chi connectivity index (χ0v) is 24.7. The molecule has 1 saturated carbocycles. The number of aryl methyl sites for hydroxylation is 1. The van der Waals surface area contributed by atoms with E-state index in [9.17, 15) is 0 Å². The zero-order chi connectivity index (χ0) is 21.6. The van der Waals surface area contributed by atoms with Crippen molar-refractivity contribution in [2.45, 2.75) is 65.1 Å². The molecule has 3 aromatic rings. The molecular weight excluding hydrogens is 527 g/mol. The molecule has 0 amide bonds. The van der Waals surface area contributed by atoms with E-state index < -0.39 is 8.07 Å². The first kappa shape index (κ1) is 29.4. The number of halogens is 2. The second-order valence-corrected chi connectivity index (χ2v) is 16.3. The van der Waals surface area contributed by atoms with E-state index in [1.54, 1.807) is 32.6 Å². The summed E-state index contributed by atoms with van der Waals surface area (Å²) in [5.41, 5.74) is 6.91. The molecule has 4 heteroatoms. The second kappa shape index (κ2) is 13.9. The van der Waals surface area contributed by atoms with E-state index in [1.807, 2.05) is 6.07 Å². The average molecular weight is 561 g/mol. The van der Waals surface area contributed by atoms with Gasteiger partial charge in [0.25, 0.3) is 0 Å². The number of fused-ring (bicyclic) bond motifs is 3. The first-order valence-corrected chi connectivity index (χ1v) is 16.0. The summed E-state index contributed by atoms with van der Waals surface area (Å²) in [6.07, 6.45) is 8.36. The van der Waals surface area contributed by atoms with Crippen LogP contribution >= 0.6 is 0 Å². The van der Waals surface area contributed by atoms with E-state index in [4.69, 9.17) is 0 Å². The predicted molar refractivity (Wildman–Crippen MR) is 131 cm³/mol. The fourth-order valence-electron chi connectivity index (χ4n) is 4.01. The van der Waals surface area contributed by atoms with Gasteiger partial charge in [-0.15, -0.1) is 5.56 Å². The molecule has 2 aliphatic carbocycles. The molecule has 0 bridgehead atoms. The van der Waals surface area contributed by atoms with Crippen molar-refractivity contribution in [2.24, 2.45) is 0 Å². The number of rotatable bonds is 1. The second-order valence-electron chi connectivity index (χ2n) is 9.49. The molecule has 0 spiro atoms. The van der Waals surface area contributed by atoms with Crippen LogP contribution in [0.25, 0.3) is 11.1 Å². The SMILES string of the molecule is Cc1cc([Si](C)(C)C)c[cH-]1.[Cl-].[Cl-].[Zr+2]=[C]1CCCCC1.[c-]1cccc2c1Cc1ccccc1-2. The Bertz CT molecular complexity index is 933. The molecule has 0 aromatic heterocycles. The van der Waals surface area contributed by atoms with Crippen LogP contribution in [0.3, 0.4) is 0 Å². The molecule has 5 rings (SSSR count). The molecule has 0 unspecified atom stereocenters. The van der Waals surface area contributed by atoms with Crippen molar-refractivity contribution in [2.75, 3.05) is 0 Å². The van der Waals surface area contributed by atoms with Crippen molar-refractivity contribution in [3.8, 4) is 11.1 Å². The Kier molecular flexibility index (Phi) is 12.8. The van der Waals surface area contributed by atoms with Gasteiger partial charge in [-0.1, -0.05) is 62.0 Å². The number of hydrogen-bond acceptors (Lipinski definition) is 0. The molecule has 0 aliphatic heterocycles. The summed E-state index contributed by atoms with van der Waals surface area (Å²) >= 11 is 1.69. The van der Waals surface area contributed by atoms with E-state index in [0.717, 1.165) is 6.42 Å². The van der Waals surface area contributed by atoms with E-state index in [2.05, 4.69) is 87.2 Å². The van der Waals surface area contributed by atoms with Crippen LogP contribution < -0.4 is 30.0 Å². The number of hydrogen-bond donors (Lipinski definition) is 0. The third-order valence-electron chi connectivity index (χ3n) is 5.85. The topological polar surface area (TPSA) is 0 Å². The van der Waals surface area contributed by atoms with Crippen LogP contribution in [0.4, 0.5) is 0 Å². The summed E-state index contributed by atoms with van der Waals surface area (Å²) < 4.78 is 1.80. The first-order valence-electron chi connectivity index (χ1n) is 11.2. The maximum Gasteiger partial charge on any atom is -0.0253 e. The fourth-order valence-corrected chi connectivity index (χ4v) is 6.12. The van der Waals surface area contributed by atoms with Gasteiger partial charge in [-0.25, -0.2) is 11.3 Å². The van der Waals surface area contributed by atoms with E-state index >= 15 is 0 Å². The molecule has 2 aliphatic rings. The molecule has 0 radical (unpaired) electrons. The predicted octanol–water partition coefficient (Wildman–Crippen LogP) is 0.995. The minimum Gasteiger partial charge on any atom is -0.179 e. The van der Waals surface area contributed by atoms with Gasteiger partial charge in [-0.05, 0) is 6.42 Å². The van der Waals surface area contributed by atoms with Gasteiger partial charge >= 0.3 is 59.5 Å². The van der Waals surface area contributed by atoms with Crippen LogP contribution in [-0.4, -0.2) is 11.3 Å². The van der Waals surface area contributed by atoms with Crippen LogP contribution in [0.5, 0.6) is 0 Å². The van der Waals surface area contributed by atoms with Crippen LogP contribution in [0.1, 0.15) is 48.8 Å². The Hall–Kier alpha value is -0.660.